The van der Waals surface area contributed by atoms with Gasteiger partial charge < -0.3 is 20.7 Å². The molecule has 26 heavy (non-hydrogen) atoms. The Hall–Kier alpha value is -2.42. The smallest absolute Gasteiger partial charge is 0.253 e. The second-order valence-corrected chi connectivity index (χ2v) is 5.61. The van der Waals surface area contributed by atoms with E-state index in [1.54, 1.807) is 62.4 Å². The van der Waals surface area contributed by atoms with Crippen molar-refractivity contribution in [3.63, 3.8) is 0 Å². The number of ether oxygens (including phenoxy) is 1. The van der Waals surface area contributed by atoms with Gasteiger partial charge in [0.05, 0.1) is 6.20 Å². The van der Waals surface area contributed by atoms with Crippen molar-refractivity contribution in [2.45, 2.75) is 19.1 Å². The fourth-order valence-electron chi connectivity index (χ4n) is 2.28. The van der Waals surface area contributed by atoms with Gasteiger partial charge in [-0.2, -0.15) is 5.10 Å². The minimum absolute atomic E-state index is 0. The average molecular weight is 382 g/mol. The number of nitrogens with zero attached hydrogens (tertiary/aromatic N) is 2. The maximum Gasteiger partial charge on any atom is 0.253 e. The molecular formula is C17H24ClN5O3. The number of aromatic nitrogens is 2. The maximum absolute atomic E-state index is 12.5. The van der Waals surface area contributed by atoms with Gasteiger partial charge in [-0.05, 0) is 32.2 Å². The predicted octanol–water partition coefficient (Wildman–Crippen LogP) is 1.71. The molecule has 0 radical (unpaired) electrons. The van der Waals surface area contributed by atoms with Gasteiger partial charge in [0.25, 0.3) is 5.91 Å². The van der Waals surface area contributed by atoms with Crippen LogP contribution in [0, 0.1) is 0 Å². The van der Waals surface area contributed by atoms with Crippen LogP contribution in [-0.2, 0) is 21.4 Å². The Morgan fingerprint density at radius 1 is 1.19 bits per heavy atom. The molecule has 142 valence electrons. The number of carbonyl (C=O) groups is 2. The molecule has 0 fully saturated rings. The fourth-order valence-corrected chi connectivity index (χ4v) is 2.28. The lowest BCUT2D eigenvalue weighted by Crippen LogP contribution is -2.30. The molecule has 2 unspecified atom stereocenters. The van der Waals surface area contributed by atoms with E-state index in [9.17, 15) is 9.59 Å². The summed E-state index contributed by atoms with van der Waals surface area (Å²) in [5, 5.41) is 12.6. The third-order valence-corrected chi connectivity index (χ3v) is 3.73. The predicted molar refractivity (Wildman–Crippen MR) is 102 cm³/mol. The Kier molecular flexibility index (Phi) is 8.24. The zero-order chi connectivity index (χ0) is 18.4. The van der Waals surface area contributed by atoms with Gasteiger partial charge in [-0.3, -0.25) is 14.3 Å². The Morgan fingerprint density at radius 2 is 1.81 bits per heavy atom. The van der Waals surface area contributed by atoms with Gasteiger partial charge in [-0.15, -0.1) is 12.4 Å². The van der Waals surface area contributed by atoms with E-state index >= 15 is 0 Å². The zero-order valence-corrected chi connectivity index (χ0v) is 16.0. The zero-order valence-electron chi connectivity index (χ0n) is 15.1. The van der Waals surface area contributed by atoms with Gasteiger partial charge >= 0.3 is 0 Å². The van der Waals surface area contributed by atoms with E-state index in [2.05, 4.69) is 21.0 Å². The number of methoxy groups -OCH3 is 1. The Balaban J connectivity index is 0.00000338. The van der Waals surface area contributed by atoms with Crippen LogP contribution in [0.1, 0.15) is 18.5 Å². The second-order valence-electron chi connectivity index (χ2n) is 5.61. The lowest BCUT2D eigenvalue weighted by Gasteiger charge is -2.15. The average Bonchev–Trinajstić information content (AvgIpc) is 3.01. The molecule has 1 aromatic carbocycles. The molecule has 1 heterocycles. The highest BCUT2D eigenvalue weighted by atomic mass is 35.5. The summed E-state index contributed by atoms with van der Waals surface area (Å²) in [5.74, 6) is -0.473. The van der Waals surface area contributed by atoms with E-state index in [1.165, 1.54) is 7.11 Å². The van der Waals surface area contributed by atoms with Crippen LogP contribution in [-0.4, -0.2) is 41.9 Å². The topological polar surface area (TPSA) is 97.3 Å². The van der Waals surface area contributed by atoms with Crippen LogP contribution in [0.5, 0.6) is 0 Å². The van der Waals surface area contributed by atoms with E-state index in [0.717, 1.165) is 5.56 Å². The standard InChI is InChI=1S/C17H23N5O3.ClH/c1-11(25-4)16(23)20-13-6-5-7-14(8-13)21-17(24)15(18-2)12-9-19-22(3)10-12;/h5-11,15,18H,1-4H3,(H,20,23)(H,21,24);1H. The van der Waals surface area contributed by atoms with E-state index in [1.807, 2.05) is 0 Å². The molecule has 0 bridgehead atoms. The molecule has 8 nitrogen and oxygen atoms in total. The quantitative estimate of drug-likeness (QED) is 0.678. The lowest BCUT2D eigenvalue weighted by atomic mass is 10.1. The first-order valence-electron chi connectivity index (χ1n) is 7.85. The number of hydrogen-bond acceptors (Lipinski definition) is 5. The van der Waals surface area contributed by atoms with Gasteiger partial charge in [0.1, 0.15) is 12.1 Å². The van der Waals surface area contributed by atoms with Crippen LogP contribution in [0.2, 0.25) is 0 Å². The number of anilines is 2. The van der Waals surface area contributed by atoms with Crippen molar-refractivity contribution in [2.24, 2.45) is 7.05 Å². The van der Waals surface area contributed by atoms with Crippen molar-refractivity contribution in [1.82, 2.24) is 15.1 Å². The van der Waals surface area contributed by atoms with Crippen LogP contribution >= 0.6 is 12.4 Å². The first-order valence-corrected chi connectivity index (χ1v) is 7.85. The van der Waals surface area contributed by atoms with E-state index < -0.39 is 12.1 Å². The molecule has 2 amide bonds. The van der Waals surface area contributed by atoms with Gasteiger partial charge in [-0.1, -0.05) is 6.07 Å². The number of carbonyl (C=O) groups excluding carboxylic acids is 2. The van der Waals surface area contributed by atoms with Crippen LogP contribution < -0.4 is 16.0 Å². The van der Waals surface area contributed by atoms with Crippen LogP contribution in [0.15, 0.2) is 36.7 Å². The van der Waals surface area contributed by atoms with Crippen molar-refractivity contribution in [3.05, 3.63) is 42.2 Å². The SMILES string of the molecule is CNC(C(=O)Nc1cccc(NC(=O)C(C)OC)c1)c1cnn(C)c1.Cl. The molecule has 0 aliphatic rings. The molecule has 0 saturated heterocycles. The third-order valence-electron chi connectivity index (χ3n) is 3.73. The second kappa shape index (κ2) is 9.91. The number of nitrogens with one attached hydrogen (secondary N) is 3. The van der Waals surface area contributed by atoms with E-state index in [4.69, 9.17) is 4.74 Å². The van der Waals surface area contributed by atoms with Gasteiger partial charge in [-0.25, -0.2) is 0 Å². The molecule has 2 atom stereocenters. The monoisotopic (exact) mass is 381 g/mol. The molecule has 0 saturated carbocycles. The minimum atomic E-state index is -0.558. The molecule has 0 aliphatic carbocycles. The summed E-state index contributed by atoms with van der Waals surface area (Å²) in [7, 11) is 4.97. The molecule has 0 spiro atoms. The molecule has 0 aliphatic heterocycles. The molecule has 1 aromatic heterocycles. The number of likely N-dealkylation sites (N-methyl/N-ethyl adjacent to an activating group) is 1. The number of hydrogen-bond donors (Lipinski definition) is 3. The number of amides is 2. The highest BCUT2D eigenvalue weighted by Crippen LogP contribution is 2.18. The molecule has 2 aromatic rings. The summed E-state index contributed by atoms with van der Waals surface area (Å²) in [6, 6.07) is 6.41. The van der Waals surface area contributed by atoms with Crippen molar-refractivity contribution in [1.29, 1.82) is 0 Å². The summed E-state index contributed by atoms with van der Waals surface area (Å²) >= 11 is 0. The lowest BCUT2D eigenvalue weighted by molar-refractivity contribution is -0.124. The number of aryl methyl sites for hydroxylation is 1. The number of benzene rings is 1. The van der Waals surface area contributed by atoms with Crippen molar-refractivity contribution < 1.29 is 14.3 Å². The first-order chi connectivity index (χ1) is 11.9. The molecular weight excluding hydrogens is 358 g/mol. The van der Waals surface area contributed by atoms with Crippen molar-refractivity contribution in [3.8, 4) is 0 Å². The summed E-state index contributed by atoms with van der Waals surface area (Å²) in [6.07, 6.45) is 2.87. The van der Waals surface area contributed by atoms with Crippen molar-refractivity contribution >= 4 is 35.6 Å². The summed E-state index contributed by atoms with van der Waals surface area (Å²) in [6.45, 7) is 1.66. The molecule has 3 N–H and O–H groups in total. The van der Waals surface area contributed by atoms with Gasteiger partial charge in [0.15, 0.2) is 0 Å². The number of halogens is 1. The van der Waals surface area contributed by atoms with Gasteiger partial charge in [0.2, 0.25) is 5.91 Å². The van der Waals surface area contributed by atoms with E-state index in [-0.39, 0.29) is 24.2 Å². The molecule has 9 heteroatoms. The van der Waals surface area contributed by atoms with E-state index in [0.29, 0.717) is 11.4 Å². The summed E-state index contributed by atoms with van der Waals surface area (Å²) in [5.41, 5.74) is 1.92. The highest BCUT2D eigenvalue weighted by molar-refractivity contribution is 5.97. The van der Waals surface area contributed by atoms with Crippen molar-refractivity contribution in [2.75, 3.05) is 24.8 Å². The minimum Gasteiger partial charge on any atom is -0.372 e. The largest absolute Gasteiger partial charge is 0.372 e. The third kappa shape index (κ3) is 5.55. The van der Waals surface area contributed by atoms with Gasteiger partial charge in [0, 0.05) is 37.3 Å². The first kappa shape index (κ1) is 21.6. The van der Waals surface area contributed by atoms with Crippen LogP contribution in [0.3, 0.4) is 0 Å². The van der Waals surface area contributed by atoms with Crippen LogP contribution in [0.4, 0.5) is 11.4 Å². The number of rotatable bonds is 7. The molecule has 2 rings (SSSR count). The highest BCUT2D eigenvalue weighted by Gasteiger charge is 2.20. The normalized spacial score (nSPS) is 12.6. The van der Waals surface area contributed by atoms with Crippen LogP contribution in [0.25, 0.3) is 0 Å². The summed E-state index contributed by atoms with van der Waals surface area (Å²) in [4.78, 5) is 24.4. The Morgan fingerprint density at radius 3 is 2.31 bits per heavy atom. The Labute approximate surface area is 158 Å². The maximum atomic E-state index is 12.5. The summed E-state index contributed by atoms with van der Waals surface area (Å²) < 4.78 is 6.62. The fraction of sp³-hybridized carbons (Fsp3) is 0.353. The Bertz CT molecular complexity index is 750.